The molecule has 0 unspecified atom stereocenters. The number of benzene rings is 13. The monoisotopic (exact) mass is 2430 g/mol. The van der Waals surface area contributed by atoms with Crippen molar-refractivity contribution in [3.8, 4) is 89.5 Å². The van der Waals surface area contributed by atoms with Crippen LogP contribution in [0.5, 0.6) is 0 Å². The normalized spacial score (nSPS) is 11.3. The Morgan fingerprint density at radius 1 is 0.297 bits per heavy atom. The molecule has 4 nitrogen and oxygen atoms in total. The van der Waals surface area contributed by atoms with E-state index in [1.165, 1.54) is 67.5 Å². The van der Waals surface area contributed by atoms with Crippen molar-refractivity contribution in [3.63, 3.8) is 0 Å². The molecule has 0 fully saturated rings. The molecule has 4 heterocycles. The summed E-state index contributed by atoms with van der Waals surface area (Å²) in [7, 11) is 0. The Morgan fingerprint density at radius 3 is 1.20 bits per heavy atom. The van der Waals surface area contributed by atoms with Crippen LogP contribution in [0.15, 0.2) is 297 Å². The van der Waals surface area contributed by atoms with Crippen LogP contribution in [0.25, 0.3) is 144 Å². The number of alkyl halides is 9. The molecule has 0 atom stereocenters. The molecule has 0 aliphatic rings. The van der Waals surface area contributed by atoms with Gasteiger partial charge in [-0.25, -0.2) is 4.39 Å². The van der Waals surface area contributed by atoms with Crippen molar-refractivity contribution in [3.05, 3.63) is 372 Å². The molecule has 19 heteroatoms. The van der Waals surface area contributed by atoms with Crippen LogP contribution < -0.4 is 0 Å². The van der Waals surface area contributed by atoms with Gasteiger partial charge in [0.1, 0.15) is 5.82 Å². The second-order valence-electron chi connectivity index (χ2n) is 30.9. The molecule has 17 aromatic rings. The predicted octanol–water partition coefficient (Wildman–Crippen LogP) is 32.1. The van der Waals surface area contributed by atoms with Crippen LogP contribution in [0.2, 0.25) is 0 Å². The SMILES string of the molecule is CCCCCCc1ccc(-c2cc(-c3nccc4c3c(F)cc3ccccc34)[c-]cc2C(F)(F)F)cc1.CCCCc1ccc(-c2cc(-c3ccc4ccccc4n3)[c-]cc2C(F)(F)F)cc1.CCCCc1ccc(-c2cc(-c3ccc4ccccc4n3)[c-]cc2F)cc1.CCCCc1ccc(-c2cc[c-]c(-c3ccc4cc(C(F)(F)F)ccc4n3)c2)cc1.[Ir].[Ir].[Ir].[Ir]. The first kappa shape index (κ1) is 99.7. The summed E-state index contributed by atoms with van der Waals surface area (Å²) >= 11 is 0. The number of unbranched alkanes of at least 4 members (excludes halogenated alkanes) is 6. The molecule has 128 heavy (non-hydrogen) atoms. The van der Waals surface area contributed by atoms with Gasteiger partial charge in [-0.05, 0) is 205 Å². The van der Waals surface area contributed by atoms with E-state index in [9.17, 15) is 43.9 Å². The van der Waals surface area contributed by atoms with Gasteiger partial charge in [0.25, 0.3) is 0 Å². The van der Waals surface area contributed by atoms with Crippen LogP contribution in [0.3, 0.4) is 0 Å². The fourth-order valence-electron chi connectivity index (χ4n) is 15.3. The first-order valence-corrected chi connectivity index (χ1v) is 42.0. The molecule has 662 valence electrons. The van der Waals surface area contributed by atoms with Crippen LogP contribution in [0, 0.1) is 35.9 Å². The molecule has 0 spiro atoms. The van der Waals surface area contributed by atoms with Crippen LogP contribution in [0.1, 0.15) is 131 Å². The third-order valence-electron chi connectivity index (χ3n) is 22.1. The summed E-state index contributed by atoms with van der Waals surface area (Å²) in [4.78, 5) is 18.2. The smallest absolute Gasteiger partial charge is 0.304 e. The van der Waals surface area contributed by atoms with E-state index < -0.39 is 41.0 Å². The van der Waals surface area contributed by atoms with Gasteiger partial charge in [-0.15, -0.1) is 107 Å². The first-order valence-electron chi connectivity index (χ1n) is 42.0. The molecule has 0 amide bonds. The van der Waals surface area contributed by atoms with Crippen LogP contribution in [0.4, 0.5) is 48.3 Å². The second-order valence-corrected chi connectivity index (χ2v) is 30.9. The van der Waals surface area contributed by atoms with Gasteiger partial charge in [-0.2, -0.15) is 39.5 Å². The Bertz CT molecular complexity index is 6540. The number of rotatable bonds is 22. The van der Waals surface area contributed by atoms with Crippen molar-refractivity contribution in [2.75, 3.05) is 0 Å². The van der Waals surface area contributed by atoms with Gasteiger partial charge in [0, 0.05) is 97.8 Å². The van der Waals surface area contributed by atoms with Gasteiger partial charge >= 0.3 is 18.5 Å². The van der Waals surface area contributed by atoms with Crippen molar-refractivity contribution < 1.29 is 129 Å². The summed E-state index contributed by atoms with van der Waals surface area (Å²) in [5, 5.41) is 5.06. The number of aryl methyl sites for hydroxylation is 4. The van der Waals surface area contributed by atoms with E-state index in [1.54, 1.807) is 54.7 Å². The van der Waals surface area contributed by atoms with Crippen LogP contribution >= 0.6 is 0 Å². The maximum atomic E-state index is 15.3. The molecule has 4 radical (unpaired) electrons. The Morgan fingerprint density at radius 2 is 0.711 bits per heavy atom. The van der Waals surface area contributed by atoms with Crippen molar-refractivity contribution >= 4 is 54.3 Å². The van der Waals surface area contributed by atoms with E-state index >= 15 is 4.39 Å². The minimum absolute atomic E-state index is 0. The minimum atomic E-state index is -4.56. The van der Waals surface area contributed by atoms with E-state index in [1.807, 2.05) is 158 Å². The zero-order valence-electron chi connectivity index (χ0n) is 70.5. The van der Waals surface area contributed by atoms with E-state index in [0.717, 1.165) is 159 Å². The van der Waals surface area contributed by atoms with Crippen molar-refractivity contribution in [2.24, 2.45) is 0 Å². The predicted molar refractivity (Wildman–Crippen MR) is 482 cm³/mol. The average molecular weight is 2430 g/mol. The van der Waals surface area contributed by atoms with Crippen molar-refractivity contribution in [2.45, 2.75) is 136 Å². The zero-order chi connectivity index (χ0) is 86.9. The van der Waals surface area contributed by atoms with E-state index in [2.05, 4.69) is 103 Å². The summed E-state index contributed by atoms with van der Waals surface area (Å²) in [6.07, 6.45) is 3.52. The summed E-state index contributed by atoms with van der Waals surface area (Å²) in [6, 6.07) is 98.2. The molecule has 0 aliphatic heterocycles. The molecule has 0 bridgehead atoms. The average Bonchev–Trinajstić information content (AvgIpc) is 0.747. The zero-order valence-corrected chi connectivity index (χ0v) is 80.0. The van der Waals surface area contributed by atoms with Crippen molar-refractivity contribution in [1.29, 1.82) is 0 Å². The summed E-state index contributed by atoms with van der Waals surface area (Å²) < 4.78 is 152. The first-order chi connectivity index (χ1) is 60.0. The fourth-order valence-corrected chi connectivity index (χ4v) is 15.3. The maximum absolute atomic E-state index is 15.3. The number of pyridine rings is 4. The van der Waals surface area contributed by atoms with E-state index in [-0.39, 0.29) is 108 Å². The summed E-state index contributed by atoms with van der Waals surface area (Å²) in [5.74, 6) is -0.736. The van der Waals surface area contributed by atoms with Crippen molar-refractivity contribution in [1.82, 2.24) is 19.9 Å². The largest absolute Gasteiger partial charge is 0.416 e. The fraction of sp³-hybridized carbons (Fsp3) is 0.193. The summed E-state index contributed by atoms with van der Waals surface area (Å²) in [5.41, 5.74) is 14.6. The molecule has 0 N–H and O–H groups in total. The topological polar surface area (TPSA) is 51.6 Å². The Kier molecular flexibility index (Phi) is 36.0. The van der Waals surface area contributed by atoms with E-state index in [0.29, 0.717) is 55.5 Å². The Labute approximate surface area is 794 Å². The maximum Gasteiger partial charge on any atom is 0.416 e. The number of halogens is 11. The third kappa shape index (κ3) is 25.2. The van der Waals surface area contributed by atoms with Gasteiger partial charge in [-0.3, -0.25) is 19.3 Å². The number of aromatic nitrogens is 4. The standard InChI is InChI=1S/C32H26F4N.2C26H21F3N.C25H21FN.4Ir/c1-2-3-4-5-8-21-11-13-22(14-12-21)27-19-24(15-16-28(27)32(34,35)36)31-30-26(17-18-37-31)25-10-7-6-9-23(25)20-29(30)33;1-2-3-6-18-9-11-19(12-10-18)22-17-21(13-15-23(22)26(27,28)29)25-16-14-20-7-4-5-8-24(20)30-25;1-2-3-5-18-8-10-19(11-9-18)20-6-4-7-21(16-20)24-14-12-22-17-23(26(27,28)29)13-15-25(22)30-24;1-2-3-6-18-9-11-19(12-10-18)22-17-21(13-15-23(22)26)25-16-14-20-7-4-5-8-24(20)27-25;;;;/h6-7,9-14,16-20H,2-5,8H2,1H3;4-5,7-12,14-17H,2-3,6H2,1H3;4,6,8-17H,2-3,5H2,1H3;4-5,7-12,14-17H,2-3,6H2,1H3;;;;/q4*-1;;;;. The van der Waals surface area contributed by atoms with E-state index in [4.69, 9.17) is 4.98 Å². The van der Waals surface area contributed by atoms with Gasteiger partial charge in [-0.1, -0.05) is 277 Å². The molecule has 4 aromatic heterocycles. The van der Waals surface area contributed by atoms with Crippen LogP contribution in [-0.2, 0) is 125 Å². The molecule has 0 aliphatic carbocycles. The second kappa shape index (κ2) is 46.2. The van der Waals surface area contributed by atoms with Gasteiger partial charge in [0.15, 0.2) is 0 Å². The quantitative estimate of drug-likeness (QED) is 0.0294. The van der Waals surface area contributed by atoms with Gasteiger partial charge in [0.05, 0.1) is 22.1 Å². The summed E-state index contributed by atoms with van der Waals surface area (Å²) in [6.45, 7) is 8.65. The number of nitrogens with zero attached hydrogens (tertiary/aromatic N) is 4. The molecule has 0 saturated carbocycles. The van der Waals surface area contributed by atoms with Gasteiger partial charge < -0.3 is 4.98 Å². The van der Waals surface area contributed by atoms with Gasteiger partial charge in [0.2, 0.25) is 0 Å². The minimum Gasteiger partial charge on any atom is -0.304 e. The molecule has 13 aromatic carbocycles. The molecule has 17 rings (SSSR count). The number of hydrogen-bond acceptors (Lipinski definition) is 4. The molecular weight excluding hydrogens is 2340 g/mol. The number of hydrogen-bond donors (Lipinski definition) is 0. The third-order valence-corrected chi connectivity index (χ3v) is 22.1. The molecule has 0 saturated heterocycles. The Balaban J connectivity index is 0.000000177. The number of para-hydroxylation sites is 2. The number of fused-ring (bicyclic) bond motifs is 6. The Hall–Kier alpha value is -10.4. The molecular formula is C109H89F11Ir4N4-4. The van der Waals surface area contributed by atoms with Crippen LogP contribution in [-0.4, -0.2) is 19.9 Å².